The minimum absolute atomic E-state index is 0.314. The second-order valence-electron chi connectivity index (χ2n) is 16.4. The van der Waals surface area contributed by atoms with E-state index in [0.717, 1.165) is 0 Å². The molecule has 0 unspecified atom stereocenters. The van der Waals surface area contributed by atoms with Crippen molar-refractivity contribution in [3.63, 3.8) is 0 Å². The van der Waals surface area contributed by atoms with Crippen molar-refractivity contribution in [2.24, 2.45) is 5.16 Å². The highest BCUT2D eigenvalue weighted by atomic mass is 28.4. The predicted molar refractivity (Wildman–Crippen MR) is 186 cm³/mol. The first-order chi connectivity index (χ1) is 17.5. The summed E-state index contributed by atoms with van der Waals surface area (Å²) in [5, 5.41) is 4.18. The smallest absolute Gasteiger partial charge is 0.184 e. The number of hydrogen-bond donors (Lipinski definition) is 0. The topological polar surface area (TPSA) is 77.0 Å². The van der Waals surface area contributed by atoms with E-state index in [1.807, 2.05) is 0 Å². The molecule has 0 radical (unpaired) electrons. The summed E-state index contributed by atoms with van der Waals surface area (Å²) in [4.78, 5) is 5.15. The van der Waals surface area contributed by atoms with Gasteiger partial charge in [-0.2, -0.15) is 0 Å². The molecule has 5 atom stereocenters. The lowest BCUT2D eigenvalue weighted by atomic mass is 10.00. The maximum absolute atomic E-state index is 7.11. The van der Waals surface area contributed by atoms with Crippen LogP contribution < -0.4 is 0 Å². The first-order valence-corrected chi connectivity index (χ1v) is 35.1. The molecule has 0 aromatic carbocycles. The van der Waals surface area contributed by atoms with Crippen LogP contribution in [-0.4, -0.2) is 100 Å². The lowest BCUT2D eigenvalue weighted by Gasteiger charge is -2.47. The number of nitrogens with zero attached hydrogens (tertiary/aromatic N) is 1. The Morgan fingerprint density at radius 2 is 0.850 bits per heavy atom. The third-order valence-corrected chi connectivity index (χ3v) is 10.8. The van der Waals surface area contributed by atoms with Gasteiger partial charge in [0.15, 0.2) is 49.9 Å². The van der Waals surface area contributed by atoms with Crippen LogP contribution in [0.4, 0.5) is 0 Å². The van der Waals surface area contributed by atoms with E-state index in [4.69, 9.17) is 31.4 Å². The Labute approximate surface area is 254 Å². The van der Waals surface area contributed by atoms with E-state index in [1.54, 1.807) is 13.3 Å². The first kappa shape index (κ1) is 40.5. The zero-order chi connectivity index (χ0) is 32.0. The second-order valence-corrected chi connectivity index (χ2v) is 43.2. The van der Waals surface area contributed by atoms with Gasteiger partial charge in [0, 0.05) is 0 Å². The maximum atomic E-state index is 7.11. The van der Waals surface area contributed by atoms with Gasteiger partial charge in [0.1, 0.15) is 25.4 Å². The molecule has 0 aromatic rings. The van der Waals surface area contributed by atoms with E-state index in [1.165, 1.54) is 0 Å². The zero-order valence-electron chi connectivity index (χ0n) is 29.5. The lowest BCUT2D eigenvalue weighted by Crippen LogP contribution is -2.62. The molecule has 240 valence electrons. The maximum Gasteiger partial charge on any atom is 0.184 e. The van der Waals surface area contributed by atoms with Gasteiger partial charge < -0.3 is 31.4 Å². The van der Waals surface area contributed by atoms with Gasteiger partial charge in [-0.05, 0) is 118 Å². The fourth-order valence-corrected chi connectivity index (χ4v) is 9.97. The summed E-state index contributed by atoms with van der Waals surface area (Å²) < 4.78 is 41.4. The van der Waals surface area contributed by atoms with Crippen molar-refractivity contribution in [1.82, 2.24) is 0 Å². The van der Waals surface area contributed by atoms with Crippen LogP contribution >= 0.6 is 0 Å². The third kappa shape index (κ3) is 20.4. The number of hydrogen-bond acceptors (Lipinski definition) is 8. The third-order valence-electron chi connectivity index (χ3n) is 4.80. The molecule has 0 aliphatic rings. The van der Waals surface area contributed by atoms with Gasteiger partial charge in [-0.1, -0.05) is 5.16 Å². The minimum atomic E-state index is -2.12. The van der Waals surface area contributed by atoms with Crippen LogP contribution in [0.5, 0.6) is 0 Å². The van der Waals surface area contributed by atoms with Gasteiger partial charge >= 0.3 is 0 Å². The van der Waals surface area contributed by atoms with Gasteiger partial charge in [0.05, 0.1) is 25.0 Å². The fraction of sp³-hybridized carbons (Fsp3) is 0.962. The van der Waals surface area contributed by atoms with Crippen LogP contribution in [0.25, 0.3) is 0 Å². The molecule has 0 bridgehead atoms. The van der Waals surface area contributed by atoms with Crippen molar-refractivity contribution in [3.8, 4) is 0 Å². The Bertz CT molecular complexity index is 762. The Hall–Kier alpha value is 0.531. The number of oxime groups is 1. The van der Waals surface area contributed by atoms with Gasteiger partial charge in [-0.3, -0.25) is 0 Å². The molecule has 0 aromatic heterocycles. The summed E-state index contributed by atoms with van der Waals surface area (Å²) in [6.45, 7) is 40.1. The Kier molecular flexibility index (Phi) is 15.7. The average Bonchev–Trinajstić information content (AvgIpc) is 2.65. The van der Waals surface area contributed by atoms with Gasteiger partial charge in [-0.25, -0.2) is 0 Å². The summed E-state index contributed by atoms with van der Waals surface area (Å²) in [6.07, 6.45) is -0.385. The van der Waals surface area contributed by atoms with Crippen LogP contribution in [0.15, 0.2) is 5.16 Å². The number of rotatable bonds is 19. The van der Waals surface area contributed by atoms with E-state index < -0.39 is 74.3 Å². The monoisotopic (exact) mass is 671 g/mol. The molecule has 40 heavy (non-hydrogen) atoms. The quantitative estimate of drug-likeness (QED) is 0.0796. The molecule has 0 fully saturated rings. The molecule has 0 N–H and O–H groups in total. The summed E-state index contributed by atoms with van der Waals surface area (Å²) in [7, 11) is -10.6. The second kappa shape index (κ2) is 15.5. The largest absolute Gasteiger partial charge is 0.415 e. The van der Waals surface area contributed by atoms with Crippen molar-refractivity contribution >= 4 is 56.1 Å². The highest BCUT2D eigenvalue weighted by Crippen LogP contribution is 2.31. The van der Waals surface area contributed by atoms with Crippen LogP contribution in [0.3, 0.4) is 0 Å². The molecule has 0 heterocycles. The van der Waals surface area contributed by atoms with Crippen molar-refractivity contribution in [2.45, 2.75) is 148 Å². The van der Waals surface area contributed by atoms with Crippen LogP contribution in [0.2, 0.25) is 118 Å². The Balaban J connectivity index is 7.38. The van der Waals surface area contributed by atoms with Gasteiger partial charge in [0.2, 0.25) is 0 Å². The first-order valence-electron chi connectivity index (χ1n) is 14.6. The molecule has 0 saturated heterocycles. The summed E-state index contributed by atoms with van der Waals surface area (Å²) in [5.41, 5.74) is 0. The van der Waals surface area contributed by atoms with Gasteiger partial charge in [-0.15, -0.1) is 0 Å². The zero-order valence-corrected chi connectivity index (χ0v) is 35.5. The Morgan fingerprint density at radius 1 is 0.475 bits per heavy atom. The molecule has 0 amide bonds. The SMILES string of the molecule is CO/N=C\[C@H](O[Si](C)(C)C)[C@H](O[Si](C)(C)C)[C@@H](O[Si](C)(C)C)[C@H](O[Si](C)(C)C)[C@@H](CO[Si](C)(C)C)O[Si](C)(C)C. The van der Waals surface area contributed by atoms with Crippen molar-refractivity contribution in [1.29, 1.82) is 0 Å². The van der Waals surface area contributed by atoms with Gasteiger partial charge in [0.25, 0.3) is 0 Å². The van der Waals surface area contributed by atoms with E-state index in [9.17, 15) is 0 Å². The molecule has 0 aliphatic heterocycles. The van der Waals surface area contributed by atoms with Crippen molar-refractivity contribution < 1.29 is 31.4 Å². The molecule has 8 nitrogen and oxygen atoms in total. The predicted octanol–water partition coefficient (Wildman–Crippen LogP) is 7.57. The fourth-order valence-electron chi connectivity index (χ4n) is 3.91. The van der Waals surface area contributed by atoms with E-state index >= 15 is 0 Å². The standard InChI is InChI=1S/C26H65NO7Si6/c1-28-27-20-22(30-36(5,6)7)24(32-38(11,12)13)26(34-40(17,18)19)25(33-39(14,15)16)23(31-37(8,9)10)21-29-35(2,3)4/h20,22-26H,21H2,1-19H3/b27-20-/t22-,23+,24-,25+,26+/m0/s1. The summed E-state index contributed by atoms with van der Waals surface area (Å²) in [5.74, 6) is 0. The molecule has 14 heteroatoms. The molecule has 0 saturated carbocycles. The van der Waals surface area contributed by atoms with Crippen LogP contribution in [-0.2, 0) is 31.4 Å². The summed E-state index contributed by atoms with van der Waals surface area (Å²) in [6, 6.07) is 0. The van der Waals surface area contributed by atoms with Crippen LogP contribution in [0, 0.1) is 0 Å². The average molecular weight is 672 g/mol. The lowest BCUT2D eigenvalue weighted by molar-refractivity contribution is -0.103. The highest BCUT2D eigenvalue weighted by Gasteiger charge is 2.48. The van der Waals surface area contributed by atoms with Crippen LogP contribution in [0.1, 0.15) is 0 Å². The molecule has 0 spiro atoms. The Morgan fingerprint density at radius 3 is 1.20 bits per heavy atom. The molecular formula is C26H65NO7Si6. The minimum Gasteiger partial charge on any atom is -0.415 e. The van der Waals surface area contributed by atoms with Crippen molar-refractivity contribution in [2.75, 3.05) is 13.7 Å². The van der Waals surface area contributed by atoms with Crippen molar-refractivity contribution in [3.05, 3.63) is 0 Å². The molecule has 0 aliphatic carbocycles. The summed E-state index contributed by atoms with van der Waals surface area (Å²) >= 11 is 0. The molecule has 0 rings (SSSR count). The van der Waals surface area contributed by atoms with E-state index in [0.29, 0.717) is 6.61 Å². The highest BCUT2D eigenvalue weighted by molar-refractivity contribution is 6.72. The normalized spacial score (nSPS) is 18.5. The van der Waals surface area contributed by atoms with E-state index in [2.05, 4.69) is 123 Å². The van der Waals surface area contributed by atoms with E-state index in [-0.39, 0.29) is 6.10 Å². The molecular weight excluding hydrogens is 607 g/mol.